The van der Waals surface area contributed by atoms with E-state index in [1.807, 2.05) is 13.0 Å². The van der Waals surface area contributed by atoms with Gasteiger partial charge in [-0.25, -0.2) is 9.67 Å². The SMILES string of the molecule is CCO[C@@H]1C[C@H](NC(=O)c2cccnc2-n2cccn2)C12CCC2. The highest BCUT2D eigenvalue weighted by Gasteiger charge is 2.59. The summed E-state index contributed by atoms with van der Waals surface area (Å²) in [5.41, 5.74) is 0.704. The molecule has 2 saturated carbocycles. The van der Waals surface area contributed by atoms with E-state index in [-0.39, 0.29) is 17.4 Å². The third kappa shape index (κ3) is 2.33. The molecule has 1 N–H and O–H groups in total. The average molecular weight is 326 g/mol. The van der Waals surface area contributed by atoms with Crippen molar-refractivity contribution in [1.29, 1.82) is 0 Å². The van der Waals surface area contributed by atoms with Gasteiger partial charge in [0.2, 0.25) is 0 Å². The van der Waals surface area contributed by atoms with Crippen molar-refractivity contribution in [3.8, 4) is 5.82 Å². The molecule has 1 spiro atoms. The number of hydrogen-bond donors (Lipinski definition) is 1. The monoisotopic (exact) mass is 326 g/mol. The van der Waals surface area contributed by atoms with E-state index in [2.05, 4.69) is 15.4 Å². The number of nitrogens with zero attached hydrogens (tertiary/aromatic N) is 3. The summed E-state index contributed by atoms with van der Waals surface area (Å²) in [6, 6.07) is 5.59. The average Bonchev–Trinajstić information content (AvgIpc) is 3.06. The zero-order valence-corrected chi connectivity index (χ0v) is 13.8. The number of hydrogen-bond acceptors (Lipinski definition) is 4. The fourth-order valence-corrected chi connectivity index (χ4v) is 4.03. The third-order valence-corrected chi connectivity index (χ3v) is 5.50. The maximum Gasteiger partial charge on any atom is 0.255 e. The van der Waals surface area contributed by atoms with Crippen LogP contribution < -0.4 is 5.32 Å². The number of carbonyl (C=O) groups excluding carboxylic acids is 1. The maximum atomic E-state index is 12.8. The van der Waals surface area contributed by atoms with Crippen LogP contribution in [0.2, 0.25) is 0 Å². The Labute approximate surface area is 141 Å². The Balaban J connectivity index is 1.52. The zero-order chi connectivity index (χ0) is 16.6. The van der Waals surface area contributed by atoms with Crippen molar-refractivity contribution in [1.82, 2.24) is 20.1 Å². The van der Waals surface area contributed by atoms with Gasteiger partial charge in [0.15, 0.2) is 5.82 Å². The Morgan fingerprint density at radius 3 is 2.96 bits per heavy atom. The van der Waals surface area contributed by atoms with Crippen molar-refractivity contribution >= 4 is 5.91 Å². The Morgan fingerprint density at radius 1 is 1.42 bits per heavy atom. The summed E-state index contributed by atoms with van der Waals surface area (Å²) in [6.45, 7) is 2.77. The largest absolute Gasteiger partial charge is 0.378 e. The van der Waals surface area contributed by atoms with E-state index >= 15 is 0 Å². The van der Waals surface area contributed by atoms with Crippen LogP contribution in [0, 0.1) is 5.41 Å². The highest BCUT2D eigenvalue weighted by atomic mass is 16.5. The first-order valence-electron chi connectivity index (χ1n) is 8.62. The molecule has 1 amide bonds. The highest BCUT2D eigenvalue weighted by molar-refractivity contribution is 5.97. The van der Waals surface area contributed by atoms with Crippen LogP contribution in [0.4, 0.5) is 0 Å². The van der Waals surface area contributed by atoms with Crippen LogP contribution >= 0.6 is 0 Å². The smallest absolute Gasteiger partial charge is 0.255 e. The standard InChI is InChI=1S/C18H22N4O2/c1-2-24-15-12-14(18(15)7-4-8-18)21-17(23)13-6-3-9-19-16(13)22-11-5-10-20-22/h3,5-6,9-11,14-15H,2,4,7-8,12H2,1H3,(H,21,23)/t14-,15+/m0/s1. The number of aromatic nitrogens is 3. The summed E-state index contributed by atoms with van der Waals surface area (Å²) < 4.78 is 7.48. The van der Waals surface area contributed by atoms with Crippen LogP contribution in [0.5, 0.6) is 0 Å². The maximum absolute atomic E-state index is 12.8. The fourth-order valence-electron chi connectivity index (χ4n) is 4.03. The predicted molar refractivity (Wildman–Crippen MR) is 88.9 cm³/mol. The van der Waals surface area contributed by atoms with Crippen molar-refractivity contribution < 1.29 is 9.53 Å². The molecule has 2 aromatic heterocycles. The lowest BCUT2D eigenvalue weighted by Gasteiger charge is -2.61. The van der Waals surface area contributed by atoms with E-state index in [9.17, 15) is 4.79 Å². The van der Waals surface area contributed by atoms with Crippen molar-refractivity contribution in [3.63, 3.8) is 0 Å². The molecule has 2 atom stereocenters. The van der Waals surface area contributed by atoms with Gasteiger partial charge >= 0.3 is 0 Å². The van der Waals surface area contributed by atoms with Gasteiger partial charge in [-0.3, -0.25) is 4.79 Å². The van der Waals surface area contributed by atoms with Crippen LogP contribution in [0.3, 0.4) is 0 Å². The van der Waals surface area contributed by atoms with E-state index < -0.39 is 0 Å². The Morgan fingerprint density at radius 2 is 2.29 bits per heavy atom. The van der Waals surface area contributed by atoms with Crippen LogP contribution in [0.1, 0.15) is 43.0 Å². The molecular formula is C18H22N4O2. The van der Waals surface area contributed by atoms with E-state index in [0.29, 0.717) is 17.5 Å². The van der Waals surface area contributed by atoms with Crippen LogP contribution in [0.25, 0.3) is 5.82 Å². The lowest BCUT2D eigenvalue weighted by molar-refractivity contribution is -0.169. The van der Waals surface area contributed by atoms with Crippen LogP contribution in [-0.2, 0) is 4.74 Å². The Hall–Kier alpha value is -2.21. The third-order valence-electron chi connectivity index (χ3n) is 5.50. The minimum absolute atomic E-state index is 0.0835. The molecule has 24 heavy (non-hydrogen) atoms. The van der Waals surface area contributed by atoms with Gasteiger partial charge < -0.3 is 10.1 Å². The second-order valence-electron chi connectivity index (χ2n) is 6.62. The first kappa shape index (κ1) is 15.3. The molecule has 2 fully saturated rings. The van der Waals surface area contributed by atoms with Crippen LogP contribution in [0.15, 0.2) is 36.8 Å². The second-order valence-corrected chi connectivity index (χ2v) is 6.62. The molecule has 2 heterocycles. The van der Waals surface area contributed by atoms with Crippen molar-refractivity contribution in [3.05, 3.63) is 42.4 Å². The quantitative estimate of drug-likeness (QED) is 0.916. The summed E-state index contributed by atoms with van der Waals surface area (Å²) in [5, 5.41) is 7.41. The number of ether oxygens (including phenoxy) is 1. The summed E-state index contributed by atoms with van der Waals surface area (Å²) >= 11 is 0. The zero-order valence-electron chi connectivity index (χ0n) is 13.8. The lowest BCUT2D eigenvalue weighted by Crippen LogP contribution is -2.67. The first-order valence-corrected chi connectivity index (χ1v) is 8.62. The van der Waals surface area contributed by atoms with Crippen molar-refractivity contribution in [2.75, 3.05) is 6.61 Å². The molecule has 0 aliphatic heterocycles. The molecule has 2 aliphatic rings. The van der Waals surface area contributed by atoms with E-state index in [1.165, 1.54) is 6.42 Å². The molecule has 0 radical (unpaired) electrons. The lowest BCUT2D eigenvalue weighted by atomic mass is 9.51. The summed E-state index contributed by atoms with van der Waals surface area (Å²) in [5.74, 6) is 0.475. The number of pyridine rings is 1. The molecular weight excluding hydrogens is 304 g/mol. The van der Waals surface area contributed by atoms with Gasteiger partial charge in [0.1, 0.15) is 0 Å². The molecule has 0 saturated heterocycles. The number of nitrogens with one attached hydrogen (secondary N) is 1. The second kappa shape index (κ2) is 6.02. The Bertz CT molecular complexity index is 724. The van der Waals surface area contributed by atoms with Crippen molar-refractivity contribution in [2.24, 2.45) is 5.41 Å². The van der Waals surface area contributed by atoms with Gasteiger partial charge in [0.25, 0.3) is 5.91 Å². The van der Waals surface area contributed by atoms with E-state index in [1.54, 1.807) is 35.4 Å². The van der Waals surface area contributed by atoms with Gasteiger partial charge in [-0.2, -0.15) is 5.10 Å². The van der Waals surface area contributed by atoms with E-state index in [0.717, 1.165) is 25.9 Å². The Kier molecular flexibility index (Phi) is 3.84. The van der Waals surface area contributed by atoms with Gasteiger partial charge in [-0.05, 0) is 44.4 Å². The highest BCUT2D eigenvalue weighted by Crippen LogP contribution is 2.57. The molecule has 6 heteroatoms. The fraction of sp³-hybridized carbons (Fsp3) is 0.500. The molecule has 6 nitrogen and oxygen atoms in total. The van der Waals surface area contributed by atoms with Gasteiger partial charge in [-0.15, -0.1) is 0 Å². The predicted octanol–water partition coefficient (Wildman–Crippen LogP) is 2.34. The van der Waals surface area contributed by atoms with Crippen molar-refractivity contribution in [2.45, 2.75) is 44.8 Å². The molecule has 0 bridgehead atoms. The number of carbonyl (C=O) groups is 1. The number of rotatable bonds is 5. The number of amides is 1. The summed E-state index contributed by atoms with van der Waals surface area (Å²) in [7, 11) is 0. The van der Waals surface area contributed by atoms with E-state index in [4.69, 9.17) is 4.74 Å². The van der Waals surface area contributed by atoms with Gasteiger partial charge in [0.05, 0.1) is 11.7 Å². The normalized spacial score (nSPS) is 24.2. The molecule has 2 aromatic rings. The first-order chi connectivity index (χ1) is 11.7. The molecule has 0 unspecified atom stereocenters. The van der Waals surface area contributed by atoms with Crippen LogP contribution in [-0.4, -0.2) is 39.4 Å². The molecule has 126 valence electrons. The molecule has 2 aliphatic carbocycles. The topological polar surface area (TPSA) is 69.0 Å². The van der Waals surface area contributed by atoms with Gasteiger partial charge in [0, 0.05) is 36.7 Å². The minimum Gasteiger partial charge on any atom is -0.378 e. The summed E-state index contributed by atoms with van der Waals surface area (Å²) in [6.07, 6.45) is 9.84. The van der Waals surface area contributed by atoms with Gasteiger partial charge in [-0.1, -0.05) is 6.42 Å². The molecule has 0 aromatic carbocycles. The summed E-state index contributed by atoms with van der Waals surface area (Å²) in [4.78, 5) is 17.1. The molecule has 4 rings (SSSR count). The minimum atomic E-state index is -0.0835.